The van der Waals surface area contributed by atoms with E-state index in [0.29, 0.717) is 36.2 Å². The lowest BCUT2D eigenvalue weighted by Gasteiger charge is -2.27. The van der Waals surface area contributed by atoms with E-state index in [2.05, 4.69) is 27.7 Å². The molecule has 3 nitrogen and oxygen atoms in total. The maximum absolute atomic E-state index is 12.2. The molecule has 3 heteroatoms. The smallest absolute Gasteiger partial charge is 0.223 e. The predicted molar refractivity (Wildman–Crippen MR) is 71.6 cm³/mol. The molecule has 17 heavy (non-hydrogen) atoms. The molecule has 1 heterocycles. The summed E-state index contributed by atoms with van der Waals surface area (Å²) in [5, 5.41) is 0. The van der Waals surface area contributed by atoms with Crippen LogP contribution in [0.1, 0.15) is 53.4 Å². The maximum Gasteiger partial charge on any atom is 0.223 e. The van der Waals surface area contributed by atoms with Crippen LogP contribution >= 0.6 is 0 Å². The van der Waals surface area contributed by atoms with Crippen LogP contribution < -0.4 is 5.73 Å². The monoisotopic (exact) mass is 240 g/mol. The van der Waals surface area contributed by atoms with Crippen LogP contribution in [0.15, 0.2) is 0 Å². The number of likely N-dealkylation sites (tertiary alicyclic amines) is 1. The molecule has 0 aromatic heterocycles. The van der Waals surface area contributed by atoms with Crippen molar-refractivity contribution in [3.05, 3.63) is 0 Å². The second-order valence-corrected chi connectivity index (χ2v) is 6.69. The van der Waals surface area contributed by atoms with E-state index in [4.69, 9.17) is 5.73 Å². The Kier molecular flexibility index (Phi) is 4.99. The van der Waals surface area contributed by atoms with Crippen molar-refractivity contribution < 1.29 is 4.79 Å². The number of carbonyl (C=O) groups excluding carboxylic acids is 1. The fourth-order valence-corrected chi connectivity index (χ4v) is 2.94. The van der Waals surface area contributed by atoms with Crippen molar-refractivity contribution in [1.29, 1.82) is 0 Å². The zero-order valence-electron chi connectivity index (χ0n) is 11.8. The fraction of sp³-hybridized carbons (Fsp3) is 0.929. The van der Waals surface area contributed by atoms with Gasteiger partial charge in [-0.3, -0.25) is 4.79 Å². The topological polar surface area (TPSA) is 46.3 Å². The molecule has 1 aliphatic heterocycles. The van der Waals surface area contributed by atoms with Gasteiger partial charge in [0.05, 0.1) is 0 Å². The van der Waals surface area contributed by atoms with E-state index in [-0.39, 0.29) is 0 Å². The lowest BCUT2D eigenvalue weighted by atomic mass is 9.84. The summed E-state index contributed by atoms with van der Waals surface area (Å²) >= 11 is 0. The molecular weight excluding hydrogens is 212 g/mol. The average Bonchev–Trinajstić information content (AvgIpc) is 2.61. The first kappa shape index (κ1) is 14.5. The van der Waals surface area contributed by atoms with Gasteiger partial charge in [0.2, 0.25) is 5.91 Å². The predicted octanol–water partition coefficient (Wildman–Crippen LogP) is 2.40. The van der Waals surface area contributed by atoms with Gasteiger partial charge in [-0.25, -0.2) is 0 Å². The van der Waals surface area contributed by atoms with Gasteiger partial charge >= 0.3 is 0 Å². The zero-order valence-corrected chi connectivity index (χ0v) is 11.8. The van der Waals surface area contributed by atoms with E-state index >= 15 is 0 Å². The molecule has 1 rings (SSSR count). The molecule has 2 unspecified atom stereocenters. The molecule has 0 radical (unpaired) electrons. The Bertz CT molecular complexity index is 257. The molecule has 0 aromatic rings. The van der Waals surface area contributed by atoms with E-state index in [9.17, 15) is 4.79 Å². The van der Waals surface area contributed by atoms with Crippen LogP contribution in [0, 0.1) is 11.3 Å². The molecule has 1 saturated heterocycles. The van der Waals surface area contributed by atoms with Crippen LogP contribution in [0.3, 0.4) is 0 Å². The molecule has 2 atom stereocenters. The highest BCUT2D eigenvalue weighted by Gasteiger charge is 2.28. The Morgan fingerprint density at radius 1 is 1.47 bits per heavy atom. The molecular formula is C14H28N2O. The Balaban J connectivity index is 2.43. The van der Waals surface area contributed by atoms with Crippen LogP contribution in [0.2, 0.25) is 0 Å². The lowest BCUT2D eigenvalue weighted by Crippen LogP contribution is -2.40. The minimum atomic E-state index is 0.296. The van der Waals surface area contributed by atoms with Crippen molar-refractivity contribution in [2.45, 2.75) is 59.4 Å². The van der Waals surface area contributed by atoms with Crippen LogP contribution in [-0.4, -0.2) is 29.9 Å². The number of carbonyl (C=O) groups is 1. The van der Waals surface area contributed by atoms with Gasteiger partial charge < -0.3 is 10.6 Å². The van der Waals surface area contributed by atoms with Crippen molar-refractivity contribution in [2.24, 2.45) is 17.1 Å². The van der Waals surface area contributed by atoms with Crippen LogP contribution in [-0.2, 0) is 4.79 Å². The molecule has 100 valence electrons. The summed E-state index contributed by atoms with van der Waals surface area (Å²) < 4.78 is 0. The van der Waals surface area contributed by atoms with Crippen molar-refractivity contribution in [3.63, 3.8) is 0 Å². The van der Waals surface area contributed by atoms with Crippen molar-refractivity contribution in [2.75, 3.05) is 13.1 Å². The number of rotatable bonds is 4. The molecule has 2 N–H and O–H groups in total. The van der Waals surface area contributed by atoms with Gasteiger partial charge in [0.25, 0.3) is 0 Å². The van der Waals surface area contributed by atoms with E-state index < -0.39 is 0 Å². The van der Waals surface area contributed by atoms with Crippen molar-refractivity contribution >= 4 is 5.91 Å². The molecule has 0 saturated carbocycles. The van der Waals surface area contributed by atoms with Crippen LogP contribution in [0.5, 0.6) is 0 Å². The second kappa shape index (κ2) is 5.85. The van der Waals surface area contributed by atoms with Gasteiger partial charge in [0, 0.05) is 25.6 Å². The highest BCUT2D eigenvalue weighted by molar-refractivity contribution is 5.77. The number of hydrogen-bond donors (Lipinski definition) is 1. The Morgan fingerprint density at radius 3 is 2.65 bits per heavy atom. The van der Waals surface area contributed by atoms with Gasteiger partial charge in [0.1, 0.15) is 0 Å². The second-order valence-electron chi connectivity index (χ2n) is 6.69. The van der Waals surface area contributed by atoms with Crippen molar-refractivity contribution in [1.82, 2.24) is 4.90 Å². The molecule has 0 aliphatic carbocycles. The minimum Gasteiger partial charge on any atom is -0.338 e. The highest BCUT2D eigenvalue weighted by atomic mass is 16.2. The number of nitrogens with zero attached hydrogens (tertiary/aromatic N) is 1. The Morgan fingerprint density at radius 2 is 2.12 bits per heavy atom. The summed E-state index contributed by atoms with van der Waals surface area (Å²) in [6.45, 7) is 10.4. The summed E-state index contributed by atoms with van der Waals surface area (Å²) in [6.07, 6.45) is 3.96. The zero-order chi connectivity index (χ0) is 13.1. The number of nitrogens with two attached hydrogens (primary N) is 1. The standard InChI is InChI=1S/C14H28N2O/c1-11(9-14(2,3)4)8-13(17)16-7-5-6-12(16)10-15/h11-12H,5-10,15H2,1-4H3. The molecule has 0 spiro atoms. The van der Waals surface area contributed by atoms with Gasteiger partial charge in [-0.05, 0) is 30.6 Å². The van der Waals surface area contributed by atoms with E-state index in [1.165, 1.54) is 0 Å². The third-order valence-electron chi connectivity index (χ3n) is 3.45. The normalized spacial score (nSPS) is 22.9. The first-order valence-corrected chi connectivity index (χ1v) is 6.83. The minimum absolute atomic E-state index is 0.296. The maximum atomic E-state index is 12.2. The SMILES string of the molecule is CC(CC(=O)N1CCCC1CN)CC(C)(C)C. The fourth-order valence-electron chi connectivity index (χ4n) is 2.94. The Hall–Kier alpha value is -0.570. The average molecular weight is 240 g/mol. The van der Waals surface area contributed by atoms with Gasteiger partial charge in [-0.1, -0.05) is 27.7 Å². The van der Waals surface area contributed by atoms with Crippen LogP contribution in [0.4, 0.5) is 0 Å². The molecule has 1 amide bonds. The number of hydrogen-bond acceptors (Lipinski definition) is 2. The molecule has 1 aliphatic rings. The van der Waals surface area contributed by atoms with E-state index in [0.717, 1.165) is 25.8 Å². The quantitative estimate of drug-likeness (QED) is 0.820. The largest absolute Gasteiger partial charge is 0.338 e. The first-order valence-electron chi connectivity index (χ1n) is 6.83. The van der Waals surface area contributed by atoms with Crippen LogP contribution in [0.25, 0.3) is 0 Å². The summed E-state index contributed by atoms with van der Waals surface area (Å²) in [7, 11) is 0. The molecule has 0 aromatic carbocycles. The Labute approximate surface area is 106 Å². The van der Waals surface area contributed by atoms with Gasteiger partial charge in [-0.2, -0.15) is 0 Å². The summed E-state index contributed by atoms with van der Waals surface area (Å²) in [4.78, 5) is 14.2. The van der Waals surface area contributed by atoms with Gasteiger partial charge in [0.15, 0.2) is 0 Å². The summed E-state index contributed by atoms with van der Waals surface area (Å²) in [6, 6.07) is 0.296. The highest BCUT2D eigenvalue weighted by Crippen LogP contribution is 2.27. The molecule has 1 fully saturated rings. The lowest BCUT2D eigenvalue weighted by molar-refractivity contribution is -0.132. The summed E-state index contributed by atoms with van der Waals surface area (Å²) in [5.41, 5.74) is 6.00. The molecule has 0 bridgehead atoms. The summed E-state index contributed by atoms with van der Waals surface area (Å²) in [5.74, 6) is 0.760. The van der Waals surface area contributed by atoms with E-state index in [1.54, 1.807) is 0 Å². The first-order chi connectivity index (χ1) is 7.83. The van der Waals surface area contributed by atoms with Crippen molar-refractivity contribution in [3.8, 4) is 0 Å². The van der Waals surface area contributed by atoms with Gasteiger partial charge in [-0.15, -0.1) is 0 Å². The third kappa shape index (κ3) is 4.66. The van der Waals surface area contributed by atoms with E-state index in [1.807, 2.05) is 4.90 Å². The number of amides is 1. The third-order valence-corrected chi connectivity index (χ3v) is 3.45.